The van der Waals surface area contributed by atoms with E-state index in [2.05, 4.69) is 17.6 Å². The second-order valence-corrected chi connectivity index (χ2v) is 4.28. The number of benzene rings is 1. The minimum Gasteiger partial charge on any atom is -0.481 e. The number of carbonyl (C=O) groups excluding carboxylic acids is 1. The average molecular weight is 276 g/mol. The van der Waals surface area contributed by atoms with Crippen molar-refractivity contribution >= 4 is 34.8 Å². The van der Waals surface area contributed by atoms with E-state index < -0.39 is 23.4 Å². The minimum absolute atomic E-state index is 0.00695. The summed E-state index contributed by atoms with van der Waals surface area (Å²) in [6, 6.07) is 6.55. The van der Waals surface area contributed by atoms with Crippen molar-refractivity contribution < 1.29 is 19.1 Å². The second kappa shape index (κ2) is 5.12. The van der Waals surface area contributed by atoms with Crippen LogP contribution >= 0.6 is 12.6 Å². The highest BCUT2D eigenvalue weighted by Gasteiger charge is 2.26. The third-order valence-electron chi connectivity index (χ3n) is 2.51. The molecule has 1 heterocycles. The molecular weight excluding hydrogens is 268 g/mol. The Hall–Kier alpha value is -2.33. The first-order valence-corrected chi connectivity index (χ1v) is 5.71. The summed E-state index contributed by atoms with van der Waals surface area (Å²) in [6.07, 6.45) is -0.444. The lowest BCUT2D eigenvalue weighted by molar-refractivity contribution is -0.138. The van der Waals surface area contributed by atoms with Crippen LogP contribution in [0.2, 0.25) is 0 Å². The average Bonchev–Trinajstić information content (AvgIpc) is 2.77. The lowest BCUT2D eigenvalue weighted by Gasteiger charge is -2.04. The van der Waals surface area contributed by atoms with E-state index in [0.717, 1.165) is 0 Å². The Balaban J connectivity index is 2.46. The Morgan fingerprint density at radius 2 is 2.26 bits per heavy atom. The summed E-state index contributed by atoms with van der Waals surface area (Å²) in [5.74, 6) is -2.20. The molecule has 1 aromatic heterocycles. The minimum atomic E-state index is -1.15. The van der Waals surface area contributed by atoms with Gasteiger partial charge in [-0.3, -0.25) is 9.59 Å². The maximum Gasteiger partial charge on any atom is 0.304 e. The van der Waals surface area contributed by atoms with E-state index in [1.807, 2.05) is 6.07 Å². The van der Waals surface area contributed by atoms with Gasteiger partial charge in [-0.15, -0.1) is 12.6 Å². The fraction of sp³-hybridized carbons (Fsp3) is 0.167. The van der Waals surface area contributed by atoms with Gasteiger partial charge in [0.2, 0.25) is 5.89 Å². The Kier molecular flexibility index (Phi) is 3.53. The van der Waals surface area contributed by atoms with Gasteiger partial charge in [0, 0.05) is 0 Å². The van der Waals surface area contributed by atoms with E-state index in [0.29, 0.717) is 16.7 Å². The molecule has 0 saturated heterocycles. The maximum absolute atomic E-state index is 11.3. The predicted molar refractivity (Wildman–Crippen MR) is 67.7 cm³/mol. The lowest BCUT2D eigenvalue weighted by atomic mass is 10.1. The number of aliphatic carboxylic acids is 1. The summed E-state index contributed by atoms with van der Waals surface area (Å²) < 4.78 is 5.34. The number of fused-ring (bicyclic) bond motifs is 1. The second-order valence-electron chi connectivity index (χ2n) is 3.84. The van der Waals surface area contributed by atoms with Gasteiger partial charge in [-0.1, -0.05) is 0 Å². The van der Waals surface area contributed by atoms with E-state index >= 15 is 0 Å². The molecule has 1 aromatic carbocycles. The number of carbonyl (C=O) groups is 2. The van der Waals surface area contributed by atoms with Crippen LogP contribution in [0.3, 0.4) is 0 Å². The van der Waals surface area contributed by atoms with Gasteiger partial charge in [0.25, 0.3) is 0 Å². The summed E-state index contributed by atoms with van der Waals surface area (Å²) in [7, 11) is 0. The van der Waals surface area contributed by atoms with Gasteiger partial charge in [0.15, 0.2) is 10.7 Å². The molecule has 0 bridgehead atoms. The highest BCUT2D eigenvalue weighted by molar-refractivity contribution is 7.96. The number of carboxylic acids is 1. The maximum atomic E-state index is 11.3. The third kappa shape index (κ3) is 2.74. The highest BCUT2D eigenvalue weighted by atomic mass is 32.1. The van der Waals surface area contributed by atoms with Crippen molar-refractivity contribution in [3.05, 3.63) is 29.7 Å². The molecule has 2 aromatic rings. The number of hydrogen-bond acceptors (Lipinski definition) is 5. The van der Waals surface area contributed by atoms with Gasteiger partial charge in [-0.05, 0) is 18.2 Å². The molecule has 0 fully saturated rings. The Bertz CT molecular complexity index is 701. The zero-order chi connectivity index (χ0) is 14.0. The molecule has 0 aliphatic rings. The number of carboxylic acid groups (broad SMARTS) is 1. The van der Waals surface area contributed by atoms with Gasteiger partial charge in [0.05, 0.1) is 18.1 Å². The Morgan fingerprint density at radius 3 is 2.84 bits per heavy atom. The molecular formula is C12H8N2O4S. The third-order valence-corrected chi connectivity index (χ3v) is 2.82. The summed E-state index contributed by atoms with van der Waals surface area (Å²) in [6.45, 7) is 0. The number of oxazole rings is 1. The standard InChI is InChI=1S/C12H8N2O4S/c13-5-6-1-2-9-8(3-6)14-11(18-9)7(12(17)19)4-10(15)16/h1-3,7H,4H2,(H,15,16)(H,17,19). The molecule has 96 valence electrons. The van der Waals surface area contributed by atoms with Crippen molar-refractivity contribution in [2.24, 2.45) is 0 Å². The topological polar surface area (TPSA) is 104 Å². The molecule has 6 nitrogen and oxygen atoms in total. The van der Waals surface area contributed by atoms with Crippen molar-refractivity contribution in [2.75, 3.05) is 0 Å². The quantitative estimate of drug-likeness (QED) is 0.824. The van der Waals surface area contributed by atoms with Gasteiger partial charge in [0.1, 0.15) is 11.4 Å². The zero-order valence-corrected chi connectivity index (χ0v) is 10.4. The van der Waals surface area contributed by atoms with Crippen LogP contribution < -0.4 is 0 Å². The molecule has 2 rings (SSSR count). The summed E-state index contributed by atoms with van der Waals surface area (Å²) in [5.41, 5.74) is 1.19. The summed E-state index contributed by atoms with van der Waals surface area (Å²) in [5, 5.41) is 16.9. The van der Waals surface area contributed by atoms with Gasteiger partial charge in [-0.25, -0.2) is 4.98 Å². The van der Waals surface area contributed by atoms with E-state index in [-0.39, 0.29) is 5.89 Å². The lowest BCUT2D eigenvalue weighted by Crippen LogP contribution is -2.12. The van der Waals surface area contributed by atoms with E-state index in [1.165, 1.54) is 6.07 Å². The molecule has 7 heteroatoms. The molecule has 1 unspecified atom stereocenters. The van der Waals surface area contributed by atoms with Crippen molar-refractivity contribution in [1.29, 1.82) is 5.26 Å². The van der Waals surface area contributed by atoms with Crippen LogP contribution in [0.15, 0.2) is 22.6 Å². The number of thiol groups is 1. The number of nitrogens with zero attached hydrogens (tertiary/aromatic N) is 2. The number of rotatable bonds is 4. The predicted octanol–water partition coefficient (Wildman–Crippen LogP) is 1.71. The summed E-state index contributed by atoms with van der Waals surface area (Å²) >= 11 is 3.64. The number of aromatic nitrogens is 1. The van der Waals surface area contributed by atoms with Crippen LogP contribution in [0.4, 0.5) is 0 Å². The Labute approximate surface area is 113 Å². The van der Waals surface area contributed by atoms with Crippen LogP contribution in [0.25, 0.3) is 11.1 Å². The van der Waals surface area contributed by atoms with Crippen LogP contribution in [-0.2, 0) is 9.59 Å². The van der Waals surface area contributed by atoms with E-state index in [9.17, 15) is 9.59 Å². The summed E-state index contributed by atoms with van der Waals surface area (Å²) in [4.78, 5) is 26.1. The molecule has 0 amide bonds. The zero-order valence-electron chi connectivity index (χ0n) is 9.53. The monoisotopic (exact) mass is 276 g/mol. The number of nitriles is 1. The molecule has 0 spiro atoms. The smallest absolute Gasteiger partial charge is 0.304 e. The van der Waals surface area contributed by atoms with Crippen molar-refractivity contribution in [3.63, 3.8) is 0 Å². The van der Waals surface area contributed by atoms with Crippen LogP contribution in [-0.4, -0.2) is 21.2 Å². The van der Waals surface area contributed by atoms with E-state index in [1.54, 1.807) is 12.1 Å². The van der Waals surface area contributed by atoms with Crippen molar-refractivity contribution in [3.8, 4) is 6.07 Å². The highest BCUT2D eigenvalue weighted by Crippen LogP contribution is 2.26. The molecule has 1 N–H and O–H groups in total. The van der Waals surface area contributed by atoms with Gasteiger partial charge >= 0.3 is 5.97 Å². The van der Waals surface area contributed by atoms with Crippen LogP contribution in [0.1, 0.15) is 23.8 Å². The fourth-order valence-corrected chi connectivity index (χ4v) is 1.82. The number of hydrogen-bond donors (Lipinski definition) is 2. The molecule has 1 atom stereocenters. The fourth-order valence-electron chi connectivity index (χ4n) is 1.62. The first-order chi connectivity index (χ1) is 9.01. The SMILES string of the molecule is N#Cc1ccc2oc(C(CC(=O)O)C(=O)S)nc2c1. The normalized spacial score (nSPS) is 12.0. The molecule has 0 aliphatic heterocycles. The van der Waals surface area contributed by atoms with Crippen molar-refractivity contribution in [2.45, 2.75) is 12.3 Å². The van der Waals surface area contributed by atoms with Gasteiger partial charge < -0.3 is 9.52 Å². The molecule has 0 aliphatic carbocycles. The molecule has 0 saturated carbocycles. The molecule has 19 heavy (non-hydrogen) atoms. The largest absolute Gasteiger partial charge is 0.481 e. The van der Waals surface area contributed by atoms with Crippen LogP contribution in [0.5, 0.6) is 0 Å². The first-order valence-electron chi connectivity index (χ1n) is 5.26. The van der Waals surface area contributed by atoms with Gasteiger partial charge in [-0.2, -0.15) is 5.26 Å². The molecule has 0 radical (unpaired) electrons. The Morgan fingerprint density at radius 1 is 1.53 bits per heavy atom. The van der Waals surface area contributed by atoms with Crippen LogP contribution in [0, 0.1) is 11.3 Å². The van der Waals surface area contributed by atoms with E-state index in [4.69, 9.17) is 14.8 Å². The van der Waals surface area contributed by atoms with Crippen molar-refractivity contribution in [1.82, 2.24) is 4.98 Å². The first kappa shape index (κ1) is 13.1.